The number of nitrogens with one attached hydrogen (secondary N) is 1. The van der Waals surface area contributed by atoms with Gasteiger partial charge in [-0.1, -0.05) is 23.2 Å². The number of nitrogens with zero attached hydrogens (tertiary/aromatic N) is 1. The Hall–Kier alpha value is -0.810. The predicted molar refractivity (Wildman–Crippen MR) is 85.3 cm³/mol. The van der Waals surface area contributed by atoms with Crippen molar-refractivity contribution in [3.05, 3.63) is 33.8 Å². The van der Waals surface area contributed by atoms with Gasteiger partial charge in [0.1, 0.15) is 0 Å². The molecule has 1 atom stereocenters. The normalized spacial score (nSPS) is 18.9. The lowest BCUT2D eigenvalue weighted by molar-refractivity contribution is 0.0933. The van der Waals surface area contributed by atoms with Gasteiger partial charge >= 0.3 is 0 Å². The van der Waals surface area contributed by atoms with Crippen LogP contribution in [0.25, 0.3) is 0 Å². The van der Waals surface area contributed by atoms with Gasteiger partial charge in [0.2, 0.25) is 0 Å². The maximum Gasteiger partial charge on any atom is 0.252 e. The molecule has 0 saturated carbocycles. The van der Waals surface area contributed by atoms with Crippen molar-refractivity contribution in [2.75, 3.05) is 33.4 Å². The van der Waals surface area contributed by atoms with E-state index in [2.05, 4.69) is 10.2 Å². The number of carbonyl (C=O) groups is 1. The highest BCUT2D eigenvalue weighted by Crippen LogP contribution is 2.21. The van der Waals surface area contributed by atoms with E-state index in [4.69, 9.17) is 27.9 Å². The highest BCUT2D eigenvalue weighted by atomic mass is 35.5. The van der Waals surface area contributed by atoms with Gasteiger partial charge in [0.05, 0.1) is 17.2 Å². The van der Waals surface area contributed by atoms with Crippen LogP contribution in [0.2, 0.25) is 10.0 Å². The van der Waals surface area contributed by atoms with E-state index < -0.39 is 0 Å². The molecule has 6 heteroatoms. The summed E-state index contributed by atoms with van der Waals surface area (Å²) < 4.78 is 5.11. The van der Waals surface area contributed by atoms with E-state index in [0.717, 1.165) is 25.9 Å². The number of likely N-dealkylation sites (tertiary alicyclic amines) is 1. The molecule has 1 fully saturated rings. The average molecular weight is 331 g/mol. The third-order valence-corrected chi connectivity index (χ3v) is 4.30. The quantitative estimate of drug-likeness (QED) is 0.872. The molecule has 1 N–H and O–H groups in total. The van der Waals surface area contributed by atoms with Gasteiger partial charge < -0.3 is 10.1 Å². The predicted octanol–water partition coefficient (Wildman–Crippen LogP) is 2.83. The molecule has 1 aliphatic heterocycles. The molecule has 1 aromatic carbocycles. The summed E-state index contributed by atoms with van der Waals surface area (Å²) in [7, 11) is 1.70. The number of carbonyl (C=O) groups excluding carboxylic acids is 1. The topological polar surface area (TPSA) is 41.6 Å². The second kappa shape index (κ2) is 7.99. The molecule has 1 heterocycles. The largest absolute Gasteiger partial charge is 0.383 e. The van der Waals surface area contributed by atoms with Crippen LogP contribution >= 0.6 is 23.2 Å². The van der Waals surface area contributed by atoms with E-state index in [9.17, 15) is 4.79 Å². The molecule has 21 heavy (non-hydrogen) atoms. The van der Waals surface area contributed by atoms with Gasteiger partial charge in [0.25, 0.3) is 5.91 Å². The van der Waals surface area contributed by atoms with E-state index in [-0.39, 0.29) is 5.91 Å². The summed E-state index contributed by atoms with van der Waals surface area (Å²) in [6, 6.07) is 5.27. The molecule has 0 aliphatic carbocycles. The van der Waals surface area contributed by atoms with Crippen LogP contribution in [0.1, 0.15) is 23.2 Å². The number of methoxy groups -OCH3 is 1. The number of ether oxygens (including phenoxy) is 1. The molecular formula is C15H20Cl2N2O2. The lowest BCUT2D eigenvalue weighted by Crippen LogP contribution is -2.41. The molecule has 1 aromatic rings. The first-order chi connectivity index (χ1) is 10.1. The van der Waals surface area contributed by atoms with Crippen molar-refractivity contribution in [3.8, 4) is 0 Å². The molecule has 0 radical (unpaired) electrons. The Bertz CT molecular complexity index is 497. The van der Waals surface area contributed by atoms with Gasteiger partial charge in [-0.3, -0.25) is 9.69 Å². The zero-order valence-corrected chi connectivity index (χ0v) is 13.6. The Balaban J connectivity index is 1.88. The molecule has 1 saturated heterocycles. The van der Waals surface area contributed by atoms with Crippen LogP contribution in [0.3, 0.4) is 0 Å². The number of amides is 1. The summed E-state index contributed by atoms with van der Waals surface area (Å²) in [6.07, 6.45) is 2.25. The number of halogens is 2. The maximum atomic E-state index is 12.2. The van der Waals surface area contributed by atoms with Crippen molar-refractivity contribution in [1.82, 2.24) is 10.2 Å². The van der Waals surface area contributed by atoms with Crippen LogP contribution in [-0.4, -0.2) is 50.2 Å². The molecule has 1 unspecified atom stereocenters. The second-order valence-electron chi connectivity index (χ2n) is 5.16. The van der Waals surface area contributed by atoms with Gasteiger partial charge in [0.15, 0.2) is 0 Å². The molecule has 4 nitrogen and oxygen atoms in total. The molecule has 0 aromatic heterocycles. The van der Waals surface area contributed by atoms with E-state index >= 15 is 0 Å². The summed E-state index contributed by atoms with van der Waals surface area (Å²) >= 11 is 11.9. The minimum atomic E-state index is -0.157. The lowest BCUT2D eigenvalue weighted by atomic mass is 10.2. The number of benzene rings is 1. The van der Waals surface area contributed by atoms with E-state index in [1.165, 1.54) is 0 Å². The third-order valence-electron chi connectivity index (χ3n) is 3.76. The van der Waals surface area contributed by atoms with Crippen LogP contribution in [0.15, 0.2) is 18.2 Å². The molecule has 116 valence electrons. The standard InChI is InChI=1S/C15H20Cl2N2O2/c1-21-8-7-19-6-2-3-12(19)10-18-15(20)13-5-4-11(16)9-14(13)17/h4-5,9,12H,2-3,6-8,10H2,1H3,(H,18,20). The average Bonchev–Trinajstić information content (AvgIpc) is 2.90. The van der Waals surface area contributed by atoms with Gasteiger partial charge in [-0.25, -0.2) is 0 Å². The van der Waals surface area contributed by atoms with E-state index in [1.807, 2.05) is 0 Å². The molecule has 0 spiro atoms. The number of hydrogen-bond donors (Lipinski definition) is 1. The summed E-state index contributed by atoms with van der Waals surface area (Å²) in [5.74, 6) is -0.157. The maximum absolute atomic E-state index is 12.2. The van der Waals surface area contributed by atoms with Crippen molar-refractivity contribution >= 4 is 29.1 Å². The summed E-state index contributed by atoms with van der Waals surface area (Å²) in [6.45, 7) is 3.30. The Labute approximate surface area is 135 Å². The van der Waals surface area contributed by atoms with Crippen LogP contribution in [0, 0.1) is 0 Å². The fourth-order valence-electron chi connectivity index (χ4n) is 2.61. The van der Waals surface area contributed by atoms with Crippen molar-refractivity contribution in [1.29, 1.82) is 0 Å². The highest BCUT2D eigenvalue weighted by molar-refractivity contribution is 6.36. The fourth-order valence-corrected chi connectivity index (χ4v) is 3.10. The van der Waals surface area contributed by atoms with E-state index in [1.54, 1.807) is 25.3 Å². The molecule has 1 amide bonds. The summed E-state index contributed by atoms with van der Waals surface area (Å²) in [5, 5.41) is 3.86. The Morgan fingerprint density at radius 2 is 2.29 bits per heavy atom. The van der Waals surface area contributed by atoms with Gasteiger partial charge in [-0.15, -0.1) is 0 Å². The third kappa shape index (κ3) is 4.58. The number of hydrogen-bond acceptors (Lipinski definition) is 3. The second-order valence-corrected chi connectivity index (χ2v) is 6.00. The van der Waals surface area contributed by atoms with Crippen molar-refractivity contribution < 1.29 is 9.53 Å². The minimum absolute atomic E-state index is 0.157. The summed E-state index contributed by atoms with van der Waals surface area (Å²) in [5.41, 5.74) is 0.461. The zero-order valence-electron chi connectivity index (χ0n) is 12.1. The number of rotatable bonds is 6. The Morgan fingerprint density at radius 3 is 3.00 bits per heavy atom. The van der Waals surface area contributed by atoms with Gasteiger partial charge in [-0.2, -0.15) is 0 Å². The van der Waals surface area contributed by atoms with Crippen molar-refractivity contribution in [2.24, 2.45) is 0 Å². The molecule has 2 rings (SSSR count). The Morgan fingerprint density at radius 1 is 1.48 bits per heavy atom. The van der Waals surface area contributed by atoms with Crippen LogP contribution in [0.5, 0.6) is 0 Å². The smallest absolute Gasteiger partial charge is 0.252 e. The van der Waals surface area contributed by atoms with Crippen LogP contribution in [0.4, 0.5) is 0 Å². The SMILES string of the molecule is COCCN1CCCC1CNC(=O)c1ccc(Cl)cc1Cl. The van der Waals surface area contributed by atoms with E-state index in [0.29, 0.717) is 34.8 Å². The molecular weight excluding hydrogens is 311 g/mol. The van der Waals surface area contributed by atoms with Crippen LogP contribution < -0.4 is 5.32 Å². The highest BCUT2D eigenvalue weighted by Gasteiger charge is 2.24. The minimum Gasteiger partial charge on any atom is -0.383 e. The first-order valence-corrected chi connectivity index (χ1v) is 7.83. The zero-order chi connectivity index (χ0) is 15.2. The first kappa shape index (κ1) is 16.6. The Kier molecular flexibility index (Phi) is 6.30. The first-order valence-electron chi connectivity index (χ1n) is 7.08. The fraction of sp³-hybridized carbons (Fsp3) is 0.533. The van der Waals surface area contributed by atoms with Crippen LogP contribution in [-0.2, 0) is 4.74 Å². The van der Waals surface area contributed by atoms with Crippen molar-refractivity contribution in [3.63, 3.8) is 0 Å². The van der Waals surface area contributed by atoms with Gasteiger partial charge in [-0.05, 0) is 37.6 Å². The van der Waals surface area contributed by atoms with Gasteiger partial charge in [0, 0.05) is 31.3 Å². The van der Waals surface area contributed by atoms with Crippen molar-refractivity contribution in [2.45, 2.75) is 18.9 Å². The summed E-state index contributed by atoms with van der Waals surface area (Å²) in [4.78, 5) is 14.5. The lowest BCUT2D eigenvalue weighted by Gasteiger charge is -2.24. The molecule has 1 aliphatic rings. The molecule has 0 bridgehead atoms. The monoisotopic (exact) mass is 330 g/mol.